The SMILES string of the molecule is CCc1ncnc(O[C@@H]2CCN(C(=O)c3cccnc3OC)C2)c1F. The van der Waals surface area contributed by atoms with Crippen LogP contribution in [0.15, 0.2) is 24.7 Å². The van der Waals surface area contributed by atoms with Crippen molar-refractivity contribution in [2.45, 2.75) is 25.9 Å². The van der Waals surface area contributed by atoms with Crippen LogP contribution in [0, 0.1) is 5.82 Å². The van der Waals surface area contributed by atoms with Gasteiger partial charge in [0.2, 0.25) is 11.7 Å². The number of hydrogen-bond donors (Lipinski definition) is 0. The van der Waals surface area contributed by atoms with E-state index in [9.17, 15) is 9.18 Å². The van der Waals surface area contributed by atoms with Crippen molar-refractivity contribution in [1.82, 2.24) is 19.9 Å². The second-order valence-corrected chi connectivity index (χ2v) is 5.63. The molecule has 0 radical (unpaired) electrons. The third-order valence-corrected chi connectivity index (χ3v) is 4.07. The van der Waals surface area contributed by atoms with Gasteiger partial charge in [-0.1, -0.05) is 6.92 Å². The molecular formula is C17H19FN4O3. The van der Waals surface area contributed by atoms with E-state index in [-0.39, 0.29) is 23.8 Å². The Hall–Kier alpha value is -2.77. The fourth-order valence-corrected chi connectivity index (χ4v) is 2.77. The molecule has 3 heterocycles. The van der Waals surface area contributed by atoms with E-state index >= 15 is 0 Å². The summed E-state index contributed by atoms with van der Waals surface area (Å²) in [6.45, 7) is 2.67. The molecule has 0 spiro atoms. The Labute approximate surface area is 144 Å². The van der Waals surface area contributed by atoms with Crippen LogP contribution in [0.25, 0.3) is 0 Å². The van der Waals surface area contributed by atoms with Crippen LogP contribution in [0.2, 0.25) is 0 Å². The number of halogens is 1. The van der Waals surface area contributed by atoms with Crippen molar-refractivity contribution in [3.63, 3.8) is 0 Å². The van der Waals surface area contributed by atoms with Crippen LogP contribution >= 0.6 is 0 Å². The first-order valence-corrected chi connectivity index (χ1v) is 8.08. The van der Waals surface area contributed by atoms with Gasteiger partial charge in [0.05, 0.1) is 19.3 Å². The summed E-state index contributed by atoms with van der Waals surface area (Å²) in [5.41, 5.74) is 0.711. The van der Waals surface area contributed by atoms with Crippen molar-refractivity contribution in [3.8, 4) is 11.8 Å². The van der Waals surface area contributed by atoms with Gasteiger partial charge in [0.25, 0.3) is 11.8 Å². The predicted molar refractivity (Wildman–Crippen MR) is 87.1 cm³/mol. The fourth-order valence-electron chi connectivity index (χ4n) is 2.77. The van der Waals surface area contributed by atoms with Crippen molar-refractivity contribution in [1.29, 1.82) is 0 Å². The lowest BCUT2D eigenvalue weighted by Gasteiger charge is -2.18. The van der Waals surface area contributed by atoms with E-state index in [0.29, 0.717) is 37.2 Å². The Morgan fingerprint density at radius 2 is 2.20 bits per heavy atom. The predicted octanol–water partition coefficient (Wildman–Crippen LogP) is 1.88. The second-order valence-electron chi connectivity index (χ2n) is 5.63. The molecule has 3 rings (SSSR count). The summed E-state index contributed by atoms with van der Waals surface area (Å²) >= 11 is 0. The number of aryl methyl sites for hydroxylation is 1. The van der Waals surface area contributed by atoms with Crippen LogP contribution in [0.3, 0.4) is 0 Å². The number of pyridine rings is 1. The first kappa shape index (κ1) is 17.1. The van der Waals surface area contributed by atoms with Crippen molar-refractivity contribution < 1.29 is 18.7 Å². The zero-order chi connectivity index (χ0) is 17.8. The lowest BCUT2D eigenvalue weighted by Crippen LogP contribution is -2.31. The van der Waals surface area contributed by atoms with E-state index in [2.05, 4.69) is 15.0 Å². The van der Waals surface area contributed by atoms with Gasteiger partial charge in [0.1, 0.15) is 18.0 Å². The van der Waals surface area contributed by atoms with Crippen LogP contribution in [-0.4, -0.2) is 52.1 Å². The first-order chi connectivity index (χ1) is 12.1. The molecule has 1 fully saturated rings. The molecule has 0 aromatic carbocycles. The number of methoxy groups -OCH3 is 1. The van der Waals surface area contributed by atoms with Crippen LogP contribution in [0.5, 0.6) is 11.8 Å². The average molecular weight is 346 g/mol. The fraction of sp³-hybridized carbons (Fsp3) is 0.412. The van der Waals surface area contributed by atoms with Gasteiger partial charge >= 0.3 is 0 Å². The highest BCUT2D eigenvalue weighted by Gasteiger charge is 2.31. The molecule has 2 aromatic rings. The van der Waals surface area contributed by atoms with Gasteiger partial charge in [-0.25, -0.2) is 9.97 Å². The van der Waals surface area contributed by atoms with Gasteiger partial charge in [0.15, 0.2) is 0 Å². The van der Waals surface area contributed by atoms with Gasteiger partial charge in [0, 0.05) is 19.2 Å². The summed E-state index contributed by atoms with van der Waals surface area (Å²) in [6.07, 6.45) is 3.59. The van der Waals surface area contributed by atoms with Crippen LogP contribution in [-0.2, 0) is 6.42 Å². The highest BCUT2D eigenvalue weighted by Crippen LogP contribution is 2.23. The Bertz CT molecular complexity index is 771. The molecule has 0 N–H and O–H groups in total. The van der Waals surface area contributed by atoms with Gasteiger partial charge in [-0.15, -0.1) is 0 Å². The lowest BCUT2D eigenvalue weighted by molar-refractivity contribution is 0.0765. The second kappa shape index (κ2) is 7.42. The molecule has 25 heavy (non-hydrogen) atoms. The number of aromatic nitrogens is 3. The number of carbonyl (C=O) groups excluding carboxylic acids is 1. The molecule has 0 unspecified atom stereocenters. The van der Waals surface area contributed by atoms with E-state index < -0.39 is 5.82 Å². The summed E-state index contributed by atoms with van der Waals surface area (Å²) < 4.78 is 25.0. The van der Waals surface area contributed by atoms with E-state index in [1.807, 2.05) is 6.92 Å². The minimum absolute atomic E-state index is 0.0647. The van der Waals surface area contributed by atoms with Crippen LogP contribution in [0.1, 0.15) is 29.4 Å². The van der Waals surface area contributed by atoms with E-state index in [0.717, 1.165) is 0 Å². The largest absolute Gasteiger partial charge is 0.480 e. The maximum absolute atomic E-state index is 14.2. The summed E-state index contributed by atoms with van der Waals surface area (Å²) in [7, 11) is 1.47. The molecule has 2 aromatic heterocycles. The molecule has 132 valence electrons. The Balaban J connectivity index is 1.69. The van der Waals surface area contributed by atoms with Gasteiger partial charge < -0.3 is 14.4 Å². The van der Waals surface area contributed by atoms with Crippen LogP contribution in [0.4, 0.5) is 4.39 Å². The van der Waals surface area contributed by atoms with Crippen molar-refractivity contribution in [2.75, 3.05) is 20.2 Å². The lowest BCUT2D eigenvalue weighted by atomic mass is 10.2. The number of likely N-dealkylation sites (tertiary alicyclic amines) is 1. The molecule has 1 aliphatic rings. The number of amides is 1. The molecule has 1 saturated heterocycles. The zero-order valence-corrected chi connectivity index (χ0v) is 14.1. The third-order valence-electron chi connectivity index (χ3n) is 4.07. The maximum Gasteiger partial charge on any atom is 0.259 e. The minimum atomic E-state index is -0.538. The van der Waals surface area contributed by atoms with Crippen molar-refractivity contribution in [3.05, 3.63) is 41.7 Å². The normalized spacial score (nSPS) is 16.8. The van der Waals surface area contributed by atoms with Gasteiger partial charge in [-0.05, 0) is 18.6 Å². The standard InChI is InChI=1S/C17H19FN4O3/c1-3-13-14(18)16(21-10-20-13)25-11-6-8-22(9-11)17(23)12-5-4-7-19-15(12)24-2/h4-5,7,10-11H,3,6,8-9H2,1-2H3/t11-/m1/s1. The minimum Gasteiger partial charge on any atom is -0.480 e. The molecule has 1 aliphatic heterocycles. The first-order valence-electron chi connectivity index (χ1n) is 8.08. The molecule has 7 nitrogen and oxygen atoms in total. The topological polar surface area (TPSA) is 77.4 Å². The number of rotatable bonds is 5. The van der Waals surface area contributed by atoms with Crippen LogP contribution < -0.4 is 9.47 Å². The smallest absolute Gasteiger partial charge is 0.259 e. The van der Waals surface area contributed by atoms with E-state index in [1.165, 1.54) is 13.4 Å². The third kappa shape index (κ3) is 3.52. The number of ether oxygens (including phenoxy) is 2. The van der Waals surface area contributed by atoms with E-state index in [4.69, 9.17) is 9.47 Å². The number of carbonyl (C=O) groups is 1. The summed E-state index contributed by atoms with van der Waals surface area (Å²) in [5, 5.41) is 0. The summed E-state index contributed by atoms with van der Waals surface area (Å²) in [5.74, 6) is -0.506. The zero-order valence-electron chi connectivity index (χ0n) is 14.1. The Kier molecular flexibility index (Phi) is 5.06. The van der Waals surface area contributed by atoms with E-state index in [1.54, 1.807) is 23.2 Å². The Morgan fingerprint density at radius 1 is 1.36 bits per heavy atom. The highest BCUT2D eigenvalue weighted by atomic mass is 19.1. The van der Waals surface area contributed by atoms with Gasteiger partial charge in [-0.3, -0.25) is 4.79 Å². The molecule has 0 saturated carbocycles. The molecule has 8 heteroatoms. The molecular weight excluding hydrogens is 327 g/mol. The highest BCUT2D eigenvalue weighted by molar-refractivity contribution is 5.96. The monoisotopic (exact) mass is 346 g/mol. The quantitative estimate of drug-likeness (QED) is 0.823. The summed E-state index contributed by atoms with van der Waals surface area (Å²) in [4.78, 5) is 26.1. The Morgan fingerprint density at radius 3 is 2.96 bits per heavy atom. The molecule has 1 atom stereocenters. The number of hydrogen-bond acceptors (Lipinski definition) is 6. The number of nitrogens with zero attached hydrogens (tertiary/aromatic N) is 4. The van der Waals surface area contributed by atoms with Gasteiger partial charge in [-0.2, -0.15) is 9.37 Å². The van der Waals surface area contributed by atoms with Crippen molar-refractivity contribution >= 4 is 5.91 Å². The average Bonchev–Trinajstić information content (AvgIpc) is 3.11. The molecule has 0 bridgehead atoms. The van der Waals surface area contributed by atoms with Crippen molar-refractivity contribution in [2.24, 2.45) is 0 Å². The maximum atomic E-state index is 14.2. The molecule has 1 amide bonds. The molecule has 0 aliphatic carbocycles. The summed E-state index contributed by atoms with van der Waals surface area (Å²) in [6, 6.07) is 3.35.